The minimum atomic E-state index is -0.213. The first-order valence-corrected chi connectivity index (χ1v) is 8.14. The zero-order chi connectivity index (χ0) is 16.7. The predicted octanol–water partition coefficient (Wildman–Crippen LogP) is 1.06. The quantitative estimate of drug-likeness (QED) is 0.690. The number of carbonyl (C=O) groups excluding carboxylic acids is 3. The number of anilines is 1. The van der Waals surface area contributed by atoms with E-state index in [0.29, 0.717) is 18.8 Å². The number of nitrogens with zero attached hydrogens (tertiary/aromatic N) is 1. The molecule has 1 fully saturated rings. The molecule has 0 spiro atoms. The Hall–Kier alpha value is -1.90. The highest BCUT2D eigenvalue weighted by Gasteiger charge is 2.29. The fraction of sp³-hybridized carbons (Fsp3) is 0.400. The molecule has 1 aromatic rings. The summed E-state index contributed by atoms with van der Waals surface area (Å²) in [4.78, 5) is 36.0. The second kappa shape index (κ2) is 8.66. The lowest BCUT2D eigenvalue weighted by Crippen LogP contribution is -2.30. The van der Waals surface area contributed by atoms with Gasteiger partial charge >= 0.3 is 0 Å². The van der Waals surface area contributed by atoms with Crippen molar-refractivity contribution in [2.45, 2.75) is 6.54 Å². The monoisotopic (exact) mass is 337 g/mol. The summed E-state index contributed by atoms with van der Waals surface area (Å²) in [5, 5.41) is 5.50. The van der Waals surface area contributed by atoms with Crippen molar-refractivity contribution in [1.29, 1.82) is 0 Å². The number of amides is 3. The SMILES string of the molecule is COCCNCC(=O)Nc1ccc(CN2C(=O)CSC2=O)cc1. The topological polar surface area (TPSA) is 87.7 Å². The van der Waals surface area contributed by atoms with E-state index in [1.165, 1.54) is 4.90 Å². The van der Waals surface area contributed by atoms with E-state index in [-0.39, 0.29) is 35.9 Å². The average Bonchev–Trinajstić information content (AvgIpc) is 2.85. The van der Waals surface area contributed by atoms with Crippen molar-refractivity contribution in [2.75, 3.05) is 37.9 Å². The van der Waals surface area contributed by atoms with Gasteiger partial charge < -0.3 is 15.4 Å². The van der Waals surface area contributed by atoms with E-state index in [1.54, 1.807) is 31.4 Å². The molecule has 0 unspecified atom stereocenters. The first-order chi connectivity index (χ1) is 11.1. The van der Waals surface area contributed by atoms with Gasteiger partial charge in [-0.25, -0.2) is 0 Å². The molecule has 124 valence electrons. The lowest BCUT2D eigenvalue weighted by molar-refractivity contribution is -0.125. The molecule has 23 heavy (non-hydrogen) atoms. The molecule has 0 aromatic heterocycles. The van der Waals surface area contributed by atoms with Crippen molar-refractivity contribution in [3.8, 4) is 0 Å². The maximum Gasteiger partial charge on any atom is 0.289 e. The zero-order valence-corrected chi connectivity index (χ0v) is 13.6. The summed E-state index contributed by atoms with van der Waals surface area (Å²) in [6, 6.07) is 7.08. The van der Waals surface area contributed by atoms with Gasteiger partial charge in [-0.1, -0.05) is 23.9 Å². The Morgan fingerprint density at radius 2 is 2.04 bits per heavy atom. The molecule has 0 radical (unpaired) electrons. The summed E-state index contributed by atoms with van der Waals surface area (Å²) in [5.41, 5.74) is 1.51. The molecule has 0 atom stereocenters. The van der Waals surface area contributed by atoms with Crippen LogP contribution in [0.2, 0.25) is 0 Å². The van der Waals surface area contributed by atoms with Crippen LogP contribution >= 0.6 is 11.8 Å². The molecule has 7 nitrogen and oxygen atoms in total. The Balaban J connectivity index is 1.81. The number of rotatable bonds is 8. The van der Waals surface area contributed by atoms with Crippen LogP contribution in [0.15, 0.2) is 24.3 Å². The highest BCUT2D eigenvalue weighted by Crippen LogP contribution is 2.21. The van der Waals surface area contributed by atoms with Crippen LogP contribution in [-0.2, 0) is 20.9 Å². The summed E-state index contributed by atoms with van der Waals surface area (Å²) in [7, 11) is 1.60. The minimum Gasteiger partial charge on any atom is -0.383 e. The van der Waals surface area contributed by atoms with Crippen molar-refractivity contribution in [3.63, 3.8) is 0 Å². The number of carbonyl (C=O) groups is 3. The van der Waals surface area contributed by atoms with Crippen molar-refractivity contribution in [2.24, 2.45) is 0 Å². The summed E-state index contributed by atoms with van der Waals surface area (Å²) in [5.74, 6) is -0.0991. The van der Waals surface area contributed by atoms with Crippen LogP contribution in [0, 0.1) is 0 Å². The number of methoxy groups -OCH3 is 1. The van der Waals surface area contributed by atoms with Crippen molar-refractivity contribution in [1.82, 2.24) is 10.2 Å². The average molecular weight is 337 g/mol. The molecule has 1 saturated heterocycles. The number of hydrogen-bond donors (Lipinski definition) is 2. The van der Waals surface area contributed by atoms with Crippen molar-refractivity contribution >= 4 is 34.5 Å². The van der Waals surface area contributed by atoms with Gasteiger partial charge in [-0.2, -0.15) is 0 Å². The van der Waals surface area contributed by atoms with Crippen LogP contribution in [0.3, 0.4) is 0 Å². The summed E-state index contributed by atoms with van der Waals surface area (Å²) < 4.78 is 4.88. The van der Waals surface area contributed by atoms with Crippen LogP contribution in [0.4, 0.5) is 10.5 Å². The largest absolute Gasteiger partial charge is 0.383 e. The number of nitrogens with one attached hydrogen (secondary N) is 2. The fourth-order valence-corrected chi connectivity index (χ4v) is 2.72. The summed E-state index contributed by atoms with van der Waals surface area (Å²) in [6.07, 6.45) is 0. The summed E-state index contributed by atoms with van der Waals surface area (Å²) >= 11 is 1.02. The van der Waals surface area contributed by atoms with Gasteiger partial charge in [0, 0.05) is 19.3 Å². The highest BCUT2D eigenvalue weighted by molar-refractivity contribution is 8.14. The third-order valence-electron chi connectivity index (χ3n) is 3.19. The smallest absolute Gasteiger partial charge is 0.289 e. The molecular weight excluding hydrogens is 318 g/mol. The van der Waals surface area contributed by atoms with E-state index in [0.717, 1.165) is 17.3 Å². The Bertz CT molecular complexity index is 561. The number of thioether (sulfide) groups is 1. The molecule has 2 rings (SSSR count). The van der Waals surface area contributed by atoms with Gasteiger partial charge in [0.2, 0.25) is 11.8 Å². The second-order valence-electron chi connectivity index (χ2n) is 4.95. The molecule has 3 amide bonds. The second-order valence-corrected chi connectivity index (χ2v) is 5.88. The number of benzene rings is 1. The zero-order valence-electron chi connectivity index (χ0n) is 12.8. The van der Waals surface area contributed by atoms with Gasteiger partial charge in [0.25, 0.3) is 5.24 Å². The van der Waals surface area contributed by atoms with Crippen molar-refractivity contribution < 1.29 is 19.1 Å². The highest BCUT2D eigenvalue weighted by atomic mass is 32.2. The molecule has 0 bridgehead atoms. The van der Waals surface area contributed by atoms with E-state index in [9.17, 15) is 14.4 Å². The number of hydrogen-bond acceptors (Lipinski definition) is 6. The fourth-order valence-electron chi connectivity index (χ4n) is 1.99. The standard InChI is InChI=1S/C15H19N3O4S/c1-22-7-6-16-8-13(19)17-12-4-2-11(3-5-12)9-18-14(20)10-23-15(18)21/h2-5,16H,6-10H2,1H3,(H,17,19). The van der Waals surface area contributed by atoms with Gasteiger partial charge in [-0.05, 0) is 17.7 Å². The van der Waals surface area contributed by atoms with Crippen LogP contribution in [0.5, 0.6) is 0 Å². The first-order valence-electron chi connectivity index (χ1n) is 7.15. The van der Waals surface area contributed by atoms with Gasteiger partial charge in [0.1, 0.15) is 0 Å². The lowest BCUT2D eigenvalue weighted by Gasteiger charge is -2.13. The third-order valence-corrected chi connectivity index (χ3v) is 4.05. The number of ether oxygens (including phenoxy) is 1. The summed E-state index contributed by atoms with van der Waals surface area (Å²) in [6.45, 7) is 1.63. The Morgan fingerprint density at radius 3 is 2.65 bits per heavy atom. The molecule has 1 aliphatic rings. The molecule has 8 heteroatoms. The molecule has 0 aliphatic carbocycles. The van der Waals surface area contributed by atoms with Gasteiger partial charge in [0.05, 0.1) is 25.4 Å². The Morgan fingerprint density at radius 1 is 1.30 bits per heavy atom. The molecular formula is C15H19N3O4S. The maximum absolute atomic E-state index is 11.7. The van der Waals surface area contributed by atoms with Crippen LogP contribution in [-0.4, -0.2) is 54.5 Å². The van der Waals surface area contributed by atoms with Crippen molar-refractivity contribution in [3.05, 3.63) is 29.8 Å². The molecule has 0 saturated carbocycles. The maximum atomic E-state index is 11.7. The van der Waals surface area contributed by atoms with Crippen LogP contribution < -0.4 is 10.6 Å². The van der Waals surface area contributed by atoms with E-state index in [2.05, 4.69) is 10.6 Å². The van der Waals surface area contributed by atoms with Crippen LogP contribution in [0.1, 0.15) is 5.56 Å². The lowest BCUT2D eigenvalue weighted by atomic mass is 10.2. The predicted molar refractivity (Wildman–Crippen MR) is 88.2 cm³/mol. The van der Waals surface area contributed by atoms with E-state index >= 15 is 0 Å². The molecule has 1 heterocycles. The van der Waals surface area contributed by atoms with Crippen LogP contribution in [0.25, 0.3) is 0 Å². The third kappa shape index (κ3) is 5.34. The van der Waals surface area contributed by atoms with E-state index in [4.69, 9.17) is 4.74 Å². The molecule has 1 aromatic carbocycles. The van der Waals surface area contributed by atoms with Gasteiger partial charge in [0.15, 0.2) is 0 Å². The van der Waals surface area contributed by atoms with E-state index < -0.39 is 0 Å². The molecule has 2 N–H and O–H groups in total. The Kier molecular flexibility index (Phi) is 6.57. The first kappa shape index (κ1) is 17.5. The minimum absolute atomic E-state index is 0.143. The number of imide groups is 1. The Labute approximate surface area is 138 Å². The van der Waals surface area contributed by atoms with Gasteiger partial charge in [-0.15, -0.1) is 0 Å². The van der Waals surface area contributed by atoms with Gasteiger partial charge in [-0.3, -0.25) is 19.3 Å². The van der Waals surface area contributed by atoms with E-state index in [1.807, 2.05) is 0 Å². The normalized spacial score (nSPS) is 14.4. The molecule has 1 aliphatic heterocycles.